The van der Waals surface area contributed by atoms with Crippen LogP contribution in [0.25, 0.3) is 0 Å². The second kappa shape index (κ2) is 6.99. The first-order chi connectivity index (χ1) is 11.5. The van der Waals surface area contributed by atoms with Crippen molar-refractivity contribution in [3.8, 4) is 5.75 Å². The molecule has 0 spiro atoms. The maximum absolute atomic E-state index is 12.6. The molecule has 2 saturated heterocycles. The maximum Gasteiger partial charge on any atom is 0.228 e. The zero-order chi connectivity index (χ0) is 17.3. The number of anilines is 1. The van der Waals surface area contributed by atoms with Gasteiger partial charge >= 0.3 is 0 Å². The monoisotopic (exact) mass is 352 g/mol. The molecule has 0 saturated carbocycles. The van der Waals surface area contributed by atoms with Crippen molar-refractivity contribution < 1.29 is 19.1 Å². The Balaban J connectivity index is 1.80. The Morgan fingerprint density at radius 1 is 1.33 bits per heavy atom. The van der Waals surface area contributed by atoms with Crippen LogP contribution in [0.2, 0.25) is 5.02 Å². The van der Waals surface area contributed by atoms with Crippen LogP contribution < -0.4 is 9.64 Å². The average molecular weight is 353 g/mol. The first kappa shape index (κ1) is 17.0. The van der Waals surface area contributed by atoms with Crippen LogP contribution in [-0.2, 0) is 14.3 Å². The van der Waals surface area contributed by atoms with Gasteiger partial charge < -0.3 is 19.3 Å². The molecule has 2 aliphatic rings. The highest BCUT2D eigenvalue weighted by Crippen LogP contribution is 2.37. The third kappa shape index (κ3) is 3.21. The zero-order valence-corrected chi connectivity index (χ0v) is 14.6. The standard InChI is InChI=1S/C17H21ClN2O4/c1-11-7-14(15(23-2)9-13(11)18)20-10-12(8-16(20)21)17(22)19-3-5-24-6-4-19/h7,9,12H,3-6,8,10H2,1-2H3. The topological polar surface area (TPSA) is 59.1 Å². The summed E-state index contributed by atoms with van der Waals surface area (Å²) in [5.74, 6) is 0.176. The van der Waals surface area contributed by atoms with Crippen molar-refractivity contribution in [2.45, 2.75) is 13.3 Å². The van der Waals surface area contributed by atoms with Gasteiger partial charge in [-0.2, -0.15) is 0 Å². The van der Waals surface area contributed by atoms with Crippen molar-refractivity contribution in [3.63, 3.8) is 0 Å². The normalized spacial score (nSPS) is 21.3. The number of nitrogens with zero attached hydrogens (tertiary/aromatic N) is 2. The summed E-state index contributed by atoms with van der Waals surface area (Å²) >= 11 is 6.13. The minimum atomic E-state index is -0.323. The summed E-state index contributed by atoms with van der Waals surface area (Å²) in [5, 5.41) is 0.586. The number of ether oxygens (including phenoxy) is 2. The number of hydrogen-bond donors (Lipinski definition) is 0. The van der Waals surface area contributed by atoms with E-state index >= 15 is 0 Å². The van der Waals surface area contributed by atoms with Gasteiger partial charge in [-0.15, -0.1) is 0 Å². The Hall–Kier alpha value is -1.79. The molecule has 24 heavy (non-hydrogen) atoms. The molecule has 0 radical (unpaired) electrons. The summed E-state index contributed by atoms with van der Waals surface area (Å²) in [6, 6.07) is 3.54. The quantitative estimate of drug-likeness (QED) is 0.833. The van der Waals surface area contributed by atoms with Crippen molar-refractivity contribution in [1.29, 1.82) is 0 Å². The number of rotatable bonds is 3. The van der Waals surface area contributed by atoms with Crippen molar-refractivity contribution in [2.24, 2.45) is 5.92 Å². The molecule has 2 fully saturated rings. The van der Waals surface area contributed by atoms with Crippen LogP contribution in [0.15, 0.2) is 12.1 Å². The van der Waals surface area contributed by atoms with Gasteiger partial charge in [0.15, 0.2) is 0 Å². The van der Waals surface area contributed by atoms with Gasteiger partial charge in [0.25, 0.3) is 0 Å². The van der Waals surface area contributed by atoms with Crippen LogP contribution in [0, 0.1) is 12.8 Å². The van der Waals surface area contributed by atoms with Crippen LogP contribution >= 0.6 is 11.6 Å². The lowest BCUT2D eigenvalue weighted by molar-refractivity contribution is -0.139. The molecular formula is C17H21ClN2O4. The number of halogens is 1. The molecule has 1 unspecified atom stereocenters. The minimum Gasteiger partial charge on any atom is -0.495 e. The lowest BCUT2D eigenvalue weighted by Gasteiger charge is -2.29. The summed E-state index contributed by atoms with van der Waals surface area (Å²) in [6.45, 7) is 4.54. The molecule has 0 aliphatic carbocycles. The van der Waals surface area contributed by atoms with Gasteiger partial charge in [-0.3, -0.25) is 9.59 Å². The number of aryl methyl sites for hydroxylation is 1. The van der Waals surface area contributed by atoms with E-state index in [1.54, 1.807) is 23.0 Å². The van der Waals surface area contributed by atoms with Crippen molar-refractivity contribution >= 4 is 29.1 Å². The Morgan fingerprint density at radius 3 is 2.71 bits per heavy atom. The van der Waals surface area contributed by atoms with Gasteiger partial charge in [-0.1, -0.05) is 11.6 Å². The number of carbonyl (C=O) groups excluding carboxylic acids is 2. The summed E-state index contributed by atoms with van der Waals surface area (Å²) in [5.41, 5.74) is 1.53. The van der Waals surface area contributed by atoms with E-state index in [1.165, 1.54) is 0 Å². The summed E-state index contributed by atoms with van der Waals surface area (Å²) in [4.78, 5) is 28.5. The van der Waals surface area contributed by atoms with Gasteiger partial charge in [-0.25, -0.2) is 0 Å². The molecule has 0 aromatic heterocycles. The number of methoxy groups -OCH3 is 1. The molecule has 2 amide bonds. The van der Waals surface area contributed by atoms with E-state index < -0.39 is 0 Å². The SMILES string of the molecule is COc1cc(Cl)c(C)cc1N1CC(C(=O)N2CCOCC2)CC1=O. The van der Waals surface area contributed by atoms with E-state index in [9.17, 15) is 9.59 Å². The number of carbonyl (C=O) groups is 2. The molecule has 2 aliphatic heterocycles. The van der Waals surface area contributed by atoms with E-state index in [2.05, 4.69) is 0 Å². The van der Waals surface area contributed by atoms with Crippen molar-refractivity contribution in [3.05, 3.63) is 22.7 Å². The molecular weight excluding hydrogens is 332 g/mol. The number of benzene rings is 1. The van der Waals surface area contributed by atoms with Crippen LogP contribution in [0.5, 0.6) is 5.75 Å². The van der Waals surface area contributed by atoms with Gasteiger partial charge in [0.2, 0.25) is 11.8 Å². The van der Waals surface area contributed by atoms with Crippen LogP contribution in [-0.4, -0.2) is 56.7 Å². The van der Waals surface area contributed by atoms with E-state index in [1.807, 2.05) is 13.0 Å². The van der Waals surface area contributed by atoms with Crippen molar-refractivity contribution in [2.75, 3.05) is 44.9 Å². The predicted molar refractivity (Wildman–Crippen MR) is 90.6 cm³/mol. The van der Waals surface area contributed by atoms with E-state index in [4.69, 9.17) is 21.1 Å². The Labute approximate surface area is 146 Å². The van der Waals surface area contributed by atoms with Crippen molar-refractivity contribution in [1.82, 2.24) is 4.90 Å². The molecule has 1 aromatic carbocycles. The minimum absolute atomic E-state index is 0.0267. The first-order valence-electron chi connectivity index (χ1n) is 8.02. The zero-order valence-electron chi connectivity index (χ0n) is 13.9. The molecule has 1 atom stereocenters. The highest BCUT2D eigenvalue weighted by molar-refractivity contribution is 6.31. The first-order valence-corrected chi connectivity index (χ1v) is 8.40. The highest BCUT2D eigenvalue weighted by Gasteiger charge is 2.38. The van der Waals surface area contributed by atoms with E-state index in [0.717, 1.165) is 5.56 Å². The highest BCUT2D eigenvalue weighted by atomic mass is 35.5. The third-order valence-corrected chi connectivity index (χ3v) is 4.96. The smallest absolute Gasteiger partial charge is 0.228 e. The maximum atomic E-state index is 12.6. The molecule has 130 valence electrons. The van der Waals surface area contributed by atoms with Gasteiger partial charge in [0.1, 0.15) is 5.75 Å². The predicted octanol–water partition coefficient (Wildman–Crippen LogP) is 1.87. The van der Waals surface area contributed by atoms with Crippen LogP contribution in [0.3, 0.4) is 0 Å². The lowest BCUT2D eigenvalue weighted by atomic mass is 10.1. The van der Waals surface area contributed by atoms with Gasteiger partial charge in [0, 0.05) is 37.1 Å². The Bertz CT molecular complexity index is 658. The Morgan fingerprint density at radius 2 is 2.04 bits per heavy atom. The van der Waals surface area contributed by atoms with Crippen LogP contribution in [0.4, 0.5) is 5.69 Å². The van der Waals surface area contributed by atoms with E-state index in [0.29, 0.717) is 49.3 Å². The average Bonchev–Trinajstić information content (AvgIpc) is 2.98. The molecule has 2 heterocycles. The summed E-state index contributed by atoms with van der Waals surface area (Å²) in [6.07, 6.45) is 0.223. The number of amides is 2. The fourth-order valence-corrected chi connectivity index (χ4v) is 3.32. The molecule has 3 rings (SSSR count). The second-order valence-corrected chi connectivity index (χ2v) is 6.52. The fraction of sp³-hybridized carbons (Fsp3) is 0.529. The van der Waals surface area contributed by atoms with Gasteiger partial charge in [-0.05, 0) is 18.6 Å². The second-order valence-electron chi connectivity index (χ2n) is 6.12. The molecule has 0 bridgehead atoms. The lowest BCUT2D eigenvalue weighted by Crippen LogP contribution is -2.44. The molecule has 7 heteroatoms. The number of hydrogen-bond acceptors (Lipinski definition) is 4. The van der Waals surface area contributed by atoms with Crippen LogP contribution in [0.1, 0.15) is 12.0 Å². The molecule has 1 aromatic rings. The number of morpholine rings is 1. The molecule has 0 N–H and O–H groups in total. The van der Waals surface area contributed by atoms with Gasteiger partial charge in [0.05, 0.1) is 31.9 Å². The third-order valence-electron chi connectivity index (χ3n) is 4.55. The molecule has 6 nitrogen and oxygen atoms in total. The largest absolute Gasteiger partial charge is 0.495 e. The summed E-state index contributed by atoms with van der Waals surface area (Å²) < 4.78 is 10.6. The summed E-state index contributed by atoms with van der Waals surface area (Å²) in [7, 11) is 1.54. The Kier molecular flexibility index (Phi) is 4.96. The fourth-order valence-electron chi connectivity index (χ4n) is 3.17. The van der Waals surface area contributed by atoms with E-state index in [-0.39, 0.29) is 24.2 Å².